The Labute approximate surface area is 175 Å². The number of rotatable bonds is 3. The molecule has 1 saturated carbocycles. The molecule has 4 heteroatoms. The number of anilines is 1. The quantitative estimate of drug-likeness (QED) is 0.740. The molecule has 4 fully saturated rings. The Balaban J connectivity index is 1.21. The molecule has 3 saturated heterocycles. The van der Waals surface area contributed by atoms with Gasteiger partial charge < -0.3 is 9.64 Å². The second kappa shape index (κ2) is 8.03. The molecular weight excluding hydrogens is 360 g/mol. The number of nitrogens with zero attached hydrogens (tertiary/aromatic N) is 2. The van der Waals surface area contributed by atoms with Crippen LogP contribution in [0, 0.1) is 5.41 Å². The first-order valence-electron chi connectivity index (χ1n) is 11.9. The average Bonchev–Trinajstić information content (AvgIpc) is 3.33. The predicted molar refractivity (Wildman–Crippen MR) is 116 cm³/mol. The Morgan fingerprint density at radius 2 is 1.66 bits per heavy atom. The van der Waals surface area contributed by atoms with Gasteiger partial charge in [0.15, 0.2) is 0 Å². The predicted octanol–water partition coefficient (Wildman–Crippen LogP) is 4.73. The van der Waals surface area contributed by atoms with Crippen LogP contribution in [0.25, 0.3) is 0 Å². The third kappa shape index (κ3) is 3.63. The highest BCUT2D eigenvalue weighted by Crippen LogP contribution is 2.43. The molecule has 1 aliphatic carbocycles. The van der Waals surface area contributed by atoms with Crippen LogP contribution in [0.15, 0.2) is 24.3 Å². The lowest BCUT2D eigenvalue weighted by Crippen LogP contribution is -2.39. The molecule has 4 aliphatic rings. The molecule has 1 spiro atoms. The number of hydrogen-bond donors (Lipinski definition) is 0. The zero-order valence-electron chi connectivity index (χ0n) is 17.9. The van der Waals surface area contributed by atoms with E-state index in [2.05, 4.69) is 36.1 Å². The Hall–Kier alpha value is -1.39. The van der Waals surface area contributed by atoms with Gasteiger partial charge in [-0.15, -0.1) is 0 Å². The van der Waals surface area contributed by atoms with E-state index in [1.165, 1.54) is 50.6 Å². The maximum absolute atomic E-state index is 13.1. The maximum atomic E-state index is 13.1. The first-order valence-corrected chi connectivity index (χ1v) is 11.9. The van der Waals surface area contributed by atoms with Gasteiger partial charge >= 0.3 is 0 Å². The highest BCUT2D eigenvalue weighted by Gasteiger charge is 2.47. The van der Waals surface area contributed by atoms with E-state index in [9.17, 15) is 4.79 Å². The van der Waals surface area contributed by atoms with Gasteiger partial charge in [0.1, 0.15) is 0 Å². The van der Waals surface area contributed by atoms with Gasteiger partial charge in [0, 0.05) is 37.5 Å². The van der Waals surface area contributed by atoms with Crippen LogP contribution in [0.4, 0.5) is 5.69 Å². The minimum absolute atomic E-state index is 0.151. The van der Waals surface area contributed by atoms with Crippen LogP contribution < -0.4 is 4.90 Å². The fourth-order valence-electron chi connectivity index (χ4n) is 6.46. The summed E-state index contributed by atoms with van der Waals surface area (Å²) in [7, 11) is 0. The van der Waals surface area contributed by atoms with E-state index in [-0.39, 0.29) is 5.41 Å². The Bertz CT molecular complexity index is 717. The number of benzene rings is 1. The third-order valence-electron chi connectivity index (χ3n) is 8.41. The lowest BCUT2D eigenvalue weighted by atomic mass is 9.79. The monoisotopic (exact) mass is 396 g/mol. The number of carbonyl (C=O) groups excluding carboxylic acids is 1. The van der Waals surface area contributed by atoms with Crippen molar-refractivity contribution in [3.8, 4) is 0 Å². The van der Waals surface area contributed by atoms with Crippen LogP contribution in [-0.4, -0.2) is 49.2 Å². The molecule has 0 N–H and O–H groups in total. The fourth-order valence-corrected chi connectivity index (χ4v) is 6.46. The minimum Gasteiger partial charge on any atom is -0.381 e. The summed E-state index contributed by atoms with van der Waals surface area (Å²) in [5.74, 6) is 1.02. The molecule has 158 valence electrons. The van der Waals surface area contributed by atoms with Crippen molar-refractivity contribution in [1.29, 1.82) is 0 Å². The summed E-state index contributed by atoms with van der Waals surface area (Å²) in [6.45, 7) is 6.04. The van der Waals surface area contributed by atoms with E-state index in [4.69, 9.17) is 4.74 Å². The molecule has 4 nitrogen and oxygen atoms in total. The van der Waals surface area contributed by atoms with E-state index in [0.717, 1.165) is 56.8 Å². The maximum Gasteiger partial charge on any atom is 0.233 e. The van der Waals surface area contributed by atoms with Gasteiger partial charge in [0.2, 0.25) is 5.91 Å². The molecule has 0 unspecified atom stereocenters. The number of amides is 1. The summed E-state index contributed by atoms with van der Waals surface area (Å²) in [6, 6.07) is 10.6. The lowest BCUT2D eigenvalue weighted by Gasteiger charge is -2.37. The van der Waals surface area contributed by atoms with Gasteiger partial charge in [-0.05, 0) is 94.9 Å². The van der Waals surface area contributed by atoms with Crippen LogP contribution in [0.5, 0.6) is 0 Å². The van der Waals surface area contributed by atoms with Gasteiger partial charge in [-0.2, -0.15) is 0 Å². The normalized spacial score (nSPS) is 32.9. The molecule has 5 rings (SSSR count). The van der Waals surface area contributed by atoms with Gasteiger partial charge in [-0.3, -0.25) is 9.69 Å². The fraction of sp³-hybridized carbons (Fsp3) is 0.720. The smallest absolute Gasteiger partial charge is 0.233 e. The summed E-state index contributed by atoms with van der Waals surface area (Å²) in [6.07, 6.45) is 10.8. The van der Waals surface area contributed by atoms with E-state index in [1.807, 2.05) is 4.90 Å². The molecule has 1 aromatic carbocycles. The SMILES string of the molecule is C[C@@H]1CCCN1C1CCC(c2ccc(N3CCC4(CCOCC4)C3=O)cc2)CC1. The second-order valence-corrected chi connectivity index (χ2v) is 9.93. The zero-order valence-corrected chi connectivity index (χ0v) is 17.9. The molecule has 3 aliphatic heterocycles. The first kappa shape index (κ1) is 19.6. The number of likely N-dealkylation sites (tertiary alicyclic amines) is 1. The highest BCUT2D eigenvalue weighted by molar-refractivity contribution is 5.99. The van der Waals surface area contributed by atoms with E-state index >= 15 is 0 Å². The van der Waals surface area contributed by atoms with E-state index < -0.39 is 0 Å². The number of hydrogen-bond acceptors (Lipinski definition) is 3. The van der Waals surface area contributed by atoms with Crippen molar-refractivity contribution in [1.82, 2.24) is 4.90 Å². The Kier molecular flexibility index (Phi) is 5.42. The standard InChI is InChI=1S/C25H36N2O2/c1-19-3-2-15-26(19)22-8-4-20(5-9-22)21-6-10-23(11-7-21)27-16-12-25(24(27)28)13-17-29-18-14-25/h6-7,10-11,19-20,22H,2-5,8-9,12-18H2,1H3/t19-,20?,22?/m1/s1. The van der Waals surface area contributed by atoms with Crippen molar-refractivity contribution in [2.45, 2.75) is 82.7 Å². The molecule has 1 aromatic rings. The molecule has 0 bridgehead atoms. The van der Waals surface area contributed by atoms with E-state index in [0.29, 0.717) is 11.8 Å². The van der Waals surface area contributed by atoms with Crippen LogP contribution in [-0.2, 0) is 9.53 Å². The molecule has 29 heavy (non-hydrogen) atoms. The van der Waals surface area contributed by atoms with Crippen molar-refractivity contribution >= 4 is 11.6 Å². The number of ether oxygens (including phenoxy) is 1. The lowest BCUT2D eigenvalue weighted by molar-refractivity contribution is -0.130. The van der Waals surface area contributed by atoms with Crippen LogP contribution in [0.3, 0.4) is 0 Å². The van der Waals surface area contributed by atoms with Gasteiger partial charge in [0.05, 0.1) is 5.41 Å². The summed E-state index contributed by atoms with van der Waals surface area (Å²) < 4.78 is 5.50. The van der Waals surface area contributed by atoms with Crippen molar-refractivity contribution in [2.75, 3.05) is 31.2 Å². The average molecular weight is 397 g/mol. The summed E-state index contributed by atoms with van der Waals surface area (Å²) in [5, 5.41) is 0. The topological polar surface area (TPSA) is 32.8 Å². The molecular formula is C25H36N2O2. The summed E-state index contributed by atoms with van der Waals surface area (Å²) in [4.78, 5) is 17.9. The molecule has 0 radical (unpaired) electrons. The van der Waals surface area contributed by atoms with Gasteiger partial charge in [-0.25, -0.2) is 0 Å². The summed E-state index contributed by atoms with van der Waals surface area (Å²) >= 11 is 0. The zero-order chi connectivity index (χ0) is 19.8. The van der Waals surface area contributed by atoms with Crippen LogP contribution in [0.1, 0.15) is 76.2 Å². The van der Waals surface area contributed by atoms with Crippen molar-refractivity contribution in [2.24, 2.45) is 5.41 Å². The van der Waals surface area contributed by atoms with Crippen molar-refractivity contribution in [3.63, 3.8) is 0 Å². The molecule has 1 amide bonds. The Morgan fingerprint density at radius 3 is 2.31 bits per heavy atom. The minimum atomic E-state index is -0.151. The van der Waals surface area contributed by atoms with E-state index in [1.54, 1.807) is 0 Å². The molecule has 3 heterocycles. The number of carbonyl (C=O) groups is 1. The first-order chi connectivity index (χ1) is 14.2. The second-order valence-electron chi connectivity index (χ2n) is 9.93. The van der Waals surface area contributed by atoms with Crippen LogP contribution >= 0.6 is 0 Å². The largest absolute Gasteiger partial charge is 0.381 e. The Morgan fingerprint density at radius 1 is 0.931 bits per heavy atom. The molecule has 0 aromatic heterocycles. The highest BCUT2D eigenvalue weighted by atomic mass is 16.5. The van der Waals surface area contributed by atoms with Crippen molar-refractivity contribution in [3.05, 3.63) is 29.8 Å². The van der Waals surface area contributed by atoms with Gasteiger partial charge in [0.25, 0.3) is 0 Å². The third-order valence-corrected chi connectivity index (χ3v) is 8.41. The van der Waals surface area contributed by atoms with Crippen LogP contribution in [0.2, 0.25) is 0 Å². The molecule has 1 atom stereocenters. The van der Waals surface area contributed by atoms with Gasteiger partial charge in [-0.1, -0.05) is 12.1 Å². The summed E-state index contributed by atoms with van der Waals surface area (Å²) in [5.41, 5.74) is 2.40. The van der Waals surface area contributed by atoms with Crippen molar-refractivity contribution < 1.29 is 9.53 Å².